The number of benzene rings is 3. The molecule has 19 heteroatoms. The zero-order valence-corrected chi connectivity index (χ0v) is 38.9. The average Bonchev–Trinajstić information content (AvgIpc) is 3.91. The Morgan fingerprint density at radius 2 is 1.00 bits per heavy atom. The molecule has 12 N–H and O–H groups in total. The molecule has 67 heavy (non-hydrogen) atoms. The van der Waals surface area contributed by atoms with Gasteiger partial charge >= 0.3 is 5.97 Å². The molecule has 0 saturated heterocycles. The van der Waals surface area contributed by atoms with Gasteiger partial charge in [0.05, 0.1) is 12.1 Å². The molecule has 0 aliphatic carbocycles. The molecule has 5 aromatic rings. The molecule has 8 atom stereocenters. The molecule has 0 aliphatic rings. The number of thioether (sulfide) groups is 1. The quantitative estimate of drug-likeness (QED) is 0.0424. The van der Waals surface area contributed by atoms with Gasteiger partial charge in [0.15, 0.2) is 0 Å². The van der Waals surface area contributed by atoms with E-state index in [1.807, 2.05) is 48.5 Å². The third-order valence-electron chi connectivity index (χ3n) is 11.3. The van der Waals surface area contributed by atoms with Gasteiger partial charge in [-0.3, -0.25) is 28.8 Å². The third-order valence-corrected chi connectivity index (χ3v) is 12.0. The van der Waals surface area contributed by atoms with Crippen molar-refractivity contribution in [2.75, 3.05) is 12.0 Å². The Morgan fingerprint density at radius 1 is 0.567 bits per heavy atom. The average molecular weight is 940 g/mol. The fourth-order valence-electron chi connectivity index (χ4n) is 7.56. The van der Waals surface area contributed by atoms with E-state index < -0.39 is 95.7 Å². The molecule has 3 aromatic carbocycles. The van der Waals surface area contributed by atoms with Crippen LogP contribution in [-0.4, -0.2) is 122 Å². The molecule has 0 bridgehead atoms. The van der Waals surface area contributed by atoms with Crippen molar-refractivity contribution in [3.8, 4) is 0 Å². The summed E-state index contributed by atoms with van der Waals surface area (Å²) in [5.41, 5.74) is 9.46. The van der Waals surface area contributed by atoms with Crippen LogP contribution in [0.1, 0.15) is 50.8 Å². The van der Waals surface area contributed by atoms with E-state index in [2.05, 4.69) is 41.9 Å². The van der Waals surface area contributed by atoms with Gasteiger partial charge in [-0.2, -0.15) is 11.8 Å². The van der Waals surface area contributed by atoms with Crippen molar-refractivity contribution >= 4 is 75.0 Å². The number of aliphatic carboxylic acids is 1. The zero-order chi connectivity index (χ0) is 48.8. The summed E-state index contributed by atoms with van der Waals surface area (Å²) in [7, 11) is 0. The maximum Gasteiger partial charge on any atom is 0.326 e. The maximum absolute atomic E-state index is 14.4. The van der Waals surface area contributed by atoms with E-state index in [4.69, 9.17) is 5.73 Å². The predicted octanol–water partition coefficient (Wildman–Crippen LogP) is 1.81. The molecule has 18 nitrogen and oxygen atoms in total. The summed E-state index contributed by atoms with van der Waals surface area (Å²) in [5, 5.41) is 38.3. The van der Waals surface area contributed by atoms with Gasteiger partial charge in [0.2, 0.25) is 35.4 Å². The van der Waals surface area contributed by atoms with Crippen LogP contribution in [-0.2, 0) is 52.8 Å². The minimum Gasteiger partial charge on any atom is -0.480 e. The molecule has 6 amide bonds. The van der Waals surface area contributed by atoms with Crippen LogP contribution in [0.5, 0.6) is 0 Å². The number of hydrogen-bond acceptors (Lipinski definition) is 10. The molecule has 0 spiro atoms. The van der Waals surface area contributed by atoms with E-state index in [0.29, 0.717) is 22.4 Å². The van der Waals surface area contributed by atoms with Crippen molar-refractivity contribution in [3.63, 3.8) is 0 Å². The van der Waals surface area contributed by atoms with Crippen LogP contribution >= 0.6 is 11.8 Å². The highest BCUT2D eigenvalue weighted by atomic mass is 32.2. The van der Waals surface area contributed by atoms with Crippen molar-refractivity contribution < 1.29 is 43.8 Å². The molecule has 358 valence electrons. The summed E-state index contributed by atoms with van der Waals surface area (Å²) < 4.78 is 0. The Morgan fingerprint density at radius 3 is 1.48 bits per heavy atom. The van der Waals surface area contributed by atoms with E-state index in [1.165, 1.54) is 25.6 Å². The fraction of sp³-hybridized carbons (Fsp3) is 0.396. The molecule has 5 rings (SSSR count). The molecule has 0 fully saturated rings. The fourth-order valence-corrected chi connectivity index (χ4v) is 8.03. The van der Waals surface area contributed by atoms with Crippen LogP contribution in [0.3, 0.4) is 0 Å². The lowest BCUT2D eigenvalue weighted by molar-refractivity contribution is -0.143. The van der Waals surface area contributed by atoms with Gasteiger partial charge in [-0.15, -0.1) is 0 Å². The number of carboxylic acid groups (broad SMARTS) is 1. The summed E-state index contributed by atoms with van der Waals surface area (Å²) in [6.07, 6.45) is 3.76. The van der Waals surface area contributed by atoms with Crippen molar-refractivity contribution in [1.29, 1.82) is 0 Å². The van der Waals surface area contributed by atoms with E-state index in [-0.39, 0.29) is 25.7 Å². The summed E-state index contributed by atoms with van der Waals surface area (Å²) in [6.45, 7) is 6.04. The molecule has 2 aromatic heterocycles. The highest BCUT2D eigenvalue weighted by Gasteiger charge is 2.36. The Kier molecular flexibility index (Phi) is 18.5. The van der Waals surface area contributed by atoms with Gasteiger partial charge in [0, 0.05) is 53.5 Å². The SMILES string of the molecule is CSCC[C@H](NC(=O)[C@@H](NC(=O)[C@H](Cc1c[nH]c2ccccc12)NC(=O)[C@H](C)N)[C@@H](C)O)C(=O)N[C@@H](Cc1ccccc1)C(=O)N[C@@H](Cc1c[nH]c2ccccc12)C(=O)N[C@H](C(=O)O)C(C)C. The van der Waals surface area contributed by atoms with Gasteiger partial charge < -0.3 is 57.8 Å². The van der Waals surface area contributed by atoms with Gasteiger partial charge in [-0.05, 0) is 67.0 Å². The van der Waals surface area contributed by atoms with Crippen LogP contribution in [0.25, 0.3) is 21.8 Å². The number of aromatic amines is 2. The second-order valence-corrected chi connectivity index (χ2v) is 17.9. The predicted molar refractivity (Wildman–Crippen MR) is 257 cm³/mol. The first kappa shape index (κ1) is 51.3. The Balaban J connectivity index is 1.38. The summed E-state index contributed by atoms with van der Waals surface area (Å²) in [6, 6.07) is 14.7. The largest absolute Gasteiger partial charge is 0.480 e. The number of aliphatic hydroxyl groups excluding tert-OH is 1. The van der Waals surface area contributed by atoms with Crippen molar-refractivity contribution in [3.05, 3.63) is 108 Å². The van der Waals surface area contributed by atoms with Crippen LogP contribution in [0.15, 0.2) is 91.3 Å². The first-order valence-electron chi connectivity index (χ1n) is 22.1. The summed E-state index contributed by atoms with van der Waals surface area (Å²) in [4.78, 5) is 102. The zero-order valence-electron chi connectivity index (χ0n) is 38.1. The number of carbonyl (C=O) groups excluding carboxylic acids is 6. The van der Waals surface area contributed by atoms with Gasteiger partial charge in [0.25, 0.3) is 0 Å². The number of rotatable bonds is 24. The first-order chi connectivity index (χ1) is 32.0. The molecule has 0 radical (unpaired) electrons. The number of hydrogen-bond donors (Lipinski definition) is 11. The van der Waals surface area contributed by atoms with Crippen LogP contribution in [0.2, 0.25) is 0 Å². The standard InChI is InChI=1S/C48H61N9O9S/c1-26(2)40(48(65)66)56-45(62)39(23-31-25-51-35-18-12-10-16-33(31)35)55-44(61)37(21-29-13-7-6-8-14-29)54-43(60)36(19-20-67-5)52-47(64)41(28(4)58)57-46(63)38(53-42(59)27(3)49)22-30-24-50-34-17-11-9-15-32(30)34/h6-18,24-28,36-41,50-51,58H,19-23,49H2,1-5H3,(H,52,64)(H,53,59)(H,54,60)(H,55,61)(H,56,62)(H,57,63)(H,65,66)/t27-,28+,36-,37-,38-,39-,40-,41-/m0/s1. The van der Waals surface area contributed by atoms with E-state index in [9.17, 15) is 43.8 Å². The smallest absolute Gasteiger partial charge is 0.326 e. The number of carbonyl (C=O) groups is 7. The van der Waals surface area contributed by atoms with Gasteiger partial charge in [-0.1, -0.05) is 80.6 Å². The third kappa shape index (κ3) is 14.2. The van der Waals surface area contributed by atoms with E-state index in [1.54, 1.807) is 62.8 Å². The van der Waals surface area contributed by atoms with Crippen LogP contribution < -0.4 is 37.6 Å². The molecular formula is C48H61N9O9S. The van der Waals surface area contributed by atoms with Gasteiger partial charge in [-0.25, -0.2) is 4.79 Å². The lowest BCUT2D eigenvalue weighted by Crippen LogP contribution is -2.62. The van der Waals surface area contributed by atoms with Crippen molar-refractivity contribution in [2.45, 2.75) is 102 Å². The number of fused-ring (bicyclic) bond motifs is 2. The highest BCUT2D eigenvalue weighted by molar-refractivity contribution is 7.98. The van der Waals surface area contributed by atoms with Crippen LogP contribution in [0, 0.1) is 5.92 Å². The second kappa shape index (κ2) is 24.2. The topological polar surface area (TPSA) is 290 Å². The highest BCUT2D eigenvalue weighted by Crippen LogP contribution is 2.21. The Labute approximate surface area is 392 Å². The Hall–Kier alpha value is -6.70. The molecular weight excluding hydrogens is 879 g/mol. The summed E-state index contributed by atoms with van der Waals surface area (Å²) >= 11 is 1.39. The normalized spacial score (nSPS) is 15.0. The molecule has 0 aliphatic heterocycles. The van der Waals surface area contributed by atoms with Crippen molar-refractivity contribution in [1.82, 2.24) is 41.9 Å². The number of H-pyrrole nitrogens is 2. The van der Waals surface area contributed by atoms with E-state index in [0.717, 1.165) is 21.8 Å². The number of aliphatic hydroxyl groups is 1. The second-order valence-electron chi connectivity index (χ2n) is 16.9. The molecule has 0 unspecified atom stereocenters. The lowest BCUT2D eigenvalue weighted by Gasteiger charge is -2.28. The minimum atomic E-state index is -1.59. The van der Waals surface area contributed by atoms with Crippen LogP contribution in [0.4, 0.5) is 0 Å². The number of amides is 6. The minimum absolute atomic E-state index is 0.00818. The molecule has 2 heterocycles. The van der Waals surface area contributed by atoms with Crippen molar-refractivity contribution in [2.24, 2.45) is 11.7 Å². The monoisotopic (exact) mass is 939 g/mol. The Bertz CT molecular complexity index is 2510. The lowest BCUT2D eigenvalue weighted by atomic mass is 10.00. The number of carboxylic acids is 1. The maximum atomic E-state index is 14.4. The van der Waals surface area contributed by atoms with Gasteiger partial charge in [0.1, 0.15) is 36.3 Å². The summed E-state index contributed by atoms with van der Waals surface area (Å²) in [5.74, 6) is -5.95. The number of nitrogens with two attached hydrogens (primary N) is 1. The van der Waals surface area contributed by atoms with E-state index >= 15 is 0 Å². The number of nitrogens with one attached hydrogen (secondary N) is 8. The molecule has 0 saturated carbocycles. The number of para-hydroxylation sites is 2. The number of aromatic nitrogens is 2. The first-order valence-corrected chi connectivity index (χ1v) is 23.5.